The Bertz CT molecular complexity index is 1410. The van der Waals surface area contributed by atoms with Crippen LogP contribution in [-0.4, -0.2) is 63.9 Å². The molecular formula is C30H38N6O6. The van der Waals surface area contributed by atoms with E-state index in [0.29, 0.717) is 0 Å². The number of rotatable bonds is 15. The summed E-state index contributed by atoms with van der Waals surface area (Å²) in [6.45, 7) is 3.37. The molecule has 4 atom stereocenters. The average molecular weight is 579 g/mol. The number of carbonyl (C=O) groups is 5. The number of benzene rings is 2. The minimum absolute atomic E-state index is 0.0996. The number of amides is 4. The van der Waals surface area contributed by atoms with Gasteiger partial charge in [-0.25, -0.2) is 4.79 Å². The van der Waals surface area contributed by atoms with E-state index in [1.54, 1.807) is 20.0 Å². The second-order valence-corrected chi connectivity index (χ2v) is 10.6. The fraction of sp³-hybridized carbons (Fsp3) is 0.367. The number of nitrogens with one attached hydrogen (secondary N) is 4. The molecule has 0 radical (unpaired) electrons. The molecule has 0 fully saturated rings. The zero-order chi connectivity index (χ0) is 30.8. The maximum Gasteiger partial charge on any atom is 0.326 e. The van der Waals surface area contributed by atoms with Crippen molar-refractivity contribution in [2.45, 2.75) is 63.7 Å². The van der Waals surface area contributed by atoms with E-state index in [9.17, 15) is 29.1 Å². The van der Waals surface area contributed by atoms with E-state index in [2.05, 4.69) is 20.9 Å². The highest BCUT2D eigenvalue weighted by atomic mass is 16.4. The van der Waals surface area contributed by atoms with Gasteiger partial charge in [0.15, 0.2) is 0 Å². The predicted molar refractivity (Wildman–Crippen MR) is 157 cm³/mol. The summed E-state index contributed by atoms with van der Waals surface area (Å²) in [6.07, 6.45) is 1.67. The van der Waals surface area contributed by atoms with E-state index in [-0.39, 0.29) is 25.7 Å². The molecule has 0 aliphatic carbocycles. The van der Waals surface area contributed by atoms with Gasteiger partial charge in [0.25, 0.3) is 0 Å². The van der Waals surface area contributed by atoms with E-state index < -0.39 is 59.7 Å². The number of para-hydroxylation sites is 1. The number of aliphatic carboxylic acids is 1. The zero-order valence-corrected chi connectivity index (χ0v) is 23.6. The van der Waals surface area contributed by atoms with Crippen molar-refractivity contribution in [3.05, 3.63) is 71.9 Å². The number of primary amides is 1. The van der Waals surface area contributed by atoms with Gasteiger partial charge >= 0.3 is 5.97 Å². The van der Waals surface area contributed by atoms with Crippen LogP contribution in [0.25, 0.3) is 10.9 Å². The van der Waals surface area contributed by atoms with Crippen LogP contribution >= 0.6 is 0 Å². The Labute approximate surface area is 243 Å². The minimum Gasteiger partial charge on any atom is -0.480 e. The summed E-state index contributed by atoms with van der Waals surface area (Å²) in [5, 5.41) is 18.2. The van der Waals surface area contributed by atoms with Crippen molar-refractivity contribution < 1.29 is 29.1 Å². The summed E-state index contributed by atoms with van der Waals surface area (Å²) in [5.41, 5.74) is 13.8. The lowest BCUT2D eigenvalue weighted by atomic mass is 9.99. The number of aromatic amines is 1. The van der Waals surface area contributed by atoms with Gasteiger partial charge in [0.1, 0.15) is 18.1 Å². The molecule has 42 heavy (non-hydrogen) atoms. The molecule has 0 saturated heterocycles. The number of carbonyl (C=O) groups excluding carboxylic acids is 4. The molecule has 1 heterocycles. The Kier molecular flexibility index (Phi) is 11.2. The molecule has 224 valence electrons. The Balaban J connectivity index is 1.80. The summed E-state index contributed by atoms with van der Waals surface area (Å²) < 4.78 is 0. The van der Waals surface area contributed by atoms with E-state index in [1.807, 2.05) is 54.6 Å². The van der Waals surface area contributed by atoms with E-state index in [4.69, 9.17) is 11.5 Å². The topological polar surface area (TPSA) is 210 Å². The van der Waals surface area contributed by atoms with Crippen LogP contribution in [-0.2, 0) is 36.8 Å². The first-order chi connectivity index (χ1) is 20.0. The van der Waals surface area contributed by atoms with Crippen LogP contribution in [0.15, 0.2) is 60.8 Å². The quantitative estimate of drug-likeness (QED) is 0.137. The third-order valence-corrected chi connectivity index (χ3v) is 6.91. The van der Waals surface area contributed by atoms with E-state index >= 15 is 0 Å². The maximum absolute atomic E-state index is 13.6. The normalized spacial score (nSPS) is 14.0. The average Bonchev–Trinajstić information content (AvgIpc) is 3.36. The van der Waals surface area contributed by atoms with Crippen LogP contribution in [0.5, 0.6) is 0 Å². The highest BCUT2D eigenvalue weighted by molar-refractivity contribution is 5.95. The van der Waals surface area contributed by atoms with Crippen molar-refractivity contribution in [1.82, 2.24) is 20.9 Å². The lowest BCUT2D eigenvalue weighted by Gasteiger charge is -2.27. The molecule has 0 aliphatic rings. The fourth-order valence-electron chi connectivity index (χ4n) is 4.56. The monoisotopic (exact) mass is 578 g/mol. The summed E-state index contributed by atoms with van der Waals surface area (Å²) in [7, 11) is 0. The molecule has 1 aromatic heterocycles. The van der Waals surface area contributed by atoms with Crippen LogP contribution in [0.4, 0.5) is 0 Å². The molecule has 3 rings (SSSR count). The number of H-pyrrole nitrogens is 1. The summed E-state index contributed by atoms with van der Waals surface area (Å²) >= 11 is 0. The predicted octanol–water partition coefficient (Wildman–Crippen LogP) is 0.741. The number of hydrogen-bond donors (Lipinski definition) is 7. The highest BCUT2D eigenvalue weighted by Gasteiger charge is 2.32. The van der Waals surface area contributed by atoms with Crippen LogP contribution in [0, 0.1) is 5.92 Å². The number of fused-ring (bicyclic) bond motifs is 1. The summed E-state index contributed by atoms with van der Waals surface area (Å²) in [6, 6.07) is 12.2. The van der Waals surface area contributed by atoms with Crippen LogP contribution < -0.4 is 27.4 Å². The van der Waals surface area contributed by atoms with Crippen molar-refractivity contribution in [3.8, 4) is 0 Å². The van der Waals surface area contributed by atoms with Gasteiger partial charge in [-0.2, -0.15) is 0 Å². The SMILES string of the molecule is CC(C)C(NC(=O)C(Cc1c[nH]c2ccccc12)NC(=O)C(N)Cc1ccccc1)C(=O)NC(CCC(N)=O)C(=O)O. The van der Waals surface area contributed by atoms with Gasteiger partial charge in [0.2, 0.25) is 23.6 Å². The van der Waals surface area contributed by atoms with Gasteiger partial charge in [-0.1, -0.05) is 62.4 Å². The lowest BCUT2D eigenvalue weighted by molar-refractivity contribution is -0.143. The third kappa shape index (κ3) is 8.90. The first-order valence-electron chi connectivity index (χ1n) is 13.7. The first kappa shape index (κ1) is 31.8. The van der Waals surface area contributed by atoms with Gasteiger partial charge in [-0.3, -0.25) is 19.2 Å². The second-order valence-electron chi connectivity index (χ2n) is 10.6. The molecule has 0 bridgehead atoms. The Morgan fingerprint density at radius 1 is 0.833 bits per heavy atom. The molecule has 4 unspecified atom stereocenters. The molecule has 2 aromatic carbocycles. The number of carboxylic acid groups (broad SMARTS) is 1. The van der Waals surface area contributed by atoms with Crippen LogP contribution in [0.2, 0.25) is 0 Å². The van der Waals surface area contributed by atoms with E-state index in [1.165, 1.54) is 0 Å². The van der Waals surface area contributed by atoms with Gasteiger partial charge < -0.3 is 37.5 Å². The van der Waals surface area contributed by atoms with Gasteiger partial charge in [0.05, 0.1) is 6.04 Å². The molecule has 0 saturated carbocycles. The maximum atomic E-state index is 13.6. The molecule has 0 aliphatic heterocycles. The van der Waals surface area contributed by atoms with E-state index in [0.717, 1.165) is 22.0 Å². The molecule has 4 amide bonds. The van der Waals surface area contributed by atoms with Crippen molar-refractivity contribution in [1.29, 1.82) is 0 Å². The summed E-state index contributed by atoms with van der Waals surface area (Å²) in [5.74, 6) is -4.40. The van der Waals surface area contributed by atoms with Crippen molar-refractivity contribution >= 4 is 40.5 Å². The standard InChI is InChI=1S/C30H38N6O6/c1-17(2)26(29(40)34-23(30(41)42)12-13-25(32)37)36-28(39)24(15-19-16-33-22-11-7-6-10-20(19)22)35-27(38)21(31)14-18-8-4-3-5-9-18/h3-11,16-17,21,23-24,26,33H,12-15,31H2,1-2H3,(H2,32,37)(H,34,40)(H,35,38)(H,36,39)(H,41,42). The number of hydrogen-bond acceptors (Lipinski definition) is 6. The summed E-state index contributed by atoms with van der Waals surface area (Å²) in [4.78, 5) is 65.8. The number of nitrogens with two attached hydrogens (primary N) is 2. The smallest absolute Gasteiger partial charge is 0.326 e. The highest BCUT2D eigenvalue weighted by Crippen LogP contribution is 2.19. The molecular weight excluding hydrogens is 540 g/mol. The van der Waals surface area contributed by atoms with Crippen LogP contribution in [0.3, 0.4) is 0 Å². The van der Waals surface area contributed by atoms with Gasteiger partial charge in [-0.15, -0.1) is 0 Å². The Morgan fingerprint density at radius 2 is 1.48 bits per heavy atom. The second kappa shape index (κ2) is 14.8. The minimum atomic E-state index is -1.37. The molecule has 9 N–H and O–H groups in total. The van der Waals surface area contributed by atoms with Crippen molar-refractivity contribution in [3.63, 3.8) is 0 Å². The Hall–Kier alpha value is -4.71. The molecule has 12 nitrogen and oxygen atoms in total. The Morgan fingerprint density at radius 3 is 2.12 bits per heavy atom. The lowest BCUT2D eigenvalue weighted by Crippen LogP contribution is -2.59. The first-order valence-corrected chi connectivity index (χ1v) is 13.7. The molecule has 3 aromatic rings. The molecule has 12 heteroatoms. The number of aromatic nitrogens is 1. The largest absolute Gasteiger partial charge is 0.480 e. The van der Waals surface area contributed by atoms with Gasteiger partial charge in [-0.05, 0) is 36.0 Å². The number of carboxylic acids is 1. The molecule has 0 spiro atoms. The van der Waals surface area contributed by atoms with Gasteiger partial charge in [0, 0.05) is 29.9 Å². The van der Waals surface area contributed by atoms with Crippen LogP contribution in [0.1, 0.15) is 37.8 Å². The van der Waals surface area contributed by atoms with Crippen molar-refractivity contribution in [2.24, 2.45) is 17.4 Å². The fourth-order valence-corrected chi connectivity index (χ4v) is 4.56. The zero-order valence-electron chi connectivity index (χ0n) is 23.6. The third-order valence-electron chi connectivity index (χ3n) is 6.91. The van der Waals surface area contributed by atoms with Crippen molar-refractivity contribution in [2.75, 3.05) is 0 Å².